The smallest absolute Gasteiger partial charge is 0.190 e. The van der Waals surface area contributed by atoms with Crippen LogP contribution in [0.4, 0.5) is 4.39 Å². The number of ketones is 1. The molecule has 1 aromatic carbocycles. The summed E-state index contributed by atoms with van der Waals surface area (Å²) >= 11 is 5.67. The number of halogens is 2. The standard InChI is InChI=1S/C11H11ClFNO/c1-14(2)6-5-11(15)9-7-8(12)3-4-10(9)13/h3-7H,1-2H3/b6-5+. The Labute approximate surface area is 93.0 Å². The molecule has 2 nitrogen and oxygen atoms in total. The molecule has 0 radical (unpaired) electrons. The molecule has 80 valence electrons. The second kappa shape index (κ2) is 4.94. The van der Waals surface area contributed by atoms with Crippen LogP contribution >= 0.6 is 11.6 Å². The normalized spacial score (nSPS) is 10.7. The van der Waals surface area contributed by atoms with Crippen LogP contribution in [0.5, 0.6) is 0 Å². The number of hydrogen-bond donors (Lipinski definition) is 0. The third kappa shape index (κ3) is 3.36. The first-order chi connectivity index (χ1) is 7.00. The maximum Gasteiger partial charge on any atom is 0.190 e. The summed E-state index contributed by atoms with van der Waals surface area (Å²) in [6.45, 7) is 0. The van der Waals surface area contributed by atoms with E-state index in [-0.39, 0.29) is 5.56 Å². The van der Waals surface area contributed by atoms with Crippen LogP contribution < -0.4 is 0 Å². The summed E-state index contributed by atoms with van der Waals surface area (Å²) in [5.41, 5.74) is -0.0133. The van der Waals surface area contributed by atoms with E-state index in [1.165, 1.54) is 24.3 Å². The van der Waals surface area contributed by atoms with Crippen molar-refractivity contribution in [3.05, 3.63) is 46.9 Å². The fourth-order valence-electron chi connectivity index (χ4n) is 0.993. The van der Waals surface area contributed by atoms with Gasteiger partial charge in [0.15, 0.2) is 5.78 Å². The van der Waals surface area contributed by atoms with Crippen molar-refractivity contribution < 1.29 is 9.18 Å². The second-order valence-electron chi connectivity index (χ2n) is 3.27. The summed E-state index contributed by atoms with van der Waals surface area (Å²) < 4.78 is 13.2. The Kier molecular flexibility index (Phi) is 3.86. The zero-order valence-electron chi connectivity index (χ0n) is 8.50. The molecular weight excluding hydrogens is 217 g/mol. The Hall–Kier alpha value is -1.35. The van der Waals surface area contributed by atoms with E-state index in [1.54, 1.807) is 25.2 Å². The topological polar surface area (TPSA) is 20.3 Å². The van der Waals surface area contributed by atoms with Gasteiger partial charge in [-0.1, -0.05) is 11.6 Å². The molecule has 1 rings (SSSR count). The molecule has 0 aromatic heterocycles. The number of hydrogen-bond acceptors (Lipinski definition) is 2. The molecular formula is C11H11ClFNO. The molecule has 0 N–H and O–H groups in total. The van der Waals surface area contributed by atoms with Gasteiger partial charge in [0.1, 0.15) is 5.82 Å². The van der Waals surface area contributed by atoms with Crippen molar-refractivity contribution >= 4 is 17.4 Å². The van der Waals surface area contributed by atoms with Gasteiger partial charge in [-0.15, -0.1) is 0 Å². The summed E-state index contributed by atoms with van der Waals surface area (Å²) in [5.74, 6) is -0.962. The molecule has 0 spiro atoms. The Morgan fingerprint density at radius 1 is 1.47 bits per heavy atom. The van der Waals surface area contributed by atoms with Gasteiger partial charge < -0.3 is 4.90 Å². The quantitative estimate of drug-likeness (QED) is 0.585. The molecule has 0 amide bonds. The van der Waals surface area contributed by atoms with E-state index < -0.39 is 11.6 Å². The summed E-state index contributed by atoms with van der Waals surface area (Å²) in [5, 5.41) is 0.345. The molecule has 0 aliphatic rings. The van der Waals surface area contributed by atoms with Crippen LogP contribution in [0.3, 0.4) is 0 Å². The van der Waals surface area contributed by atoms with E-state index in [1.807, 2.05) is 0 Å². The predicted octanol–water partition coefficient (Wildman–Crippen LogP) is 2.74. The van der Waals surface area contributed by atoms with E-state index in [0.717, 1.165) is 0 Å². The lowest BCUT2D eigenvalue weighted by atomic mass is 10.1. The largest absolute Gasteiger partial charge is 0.383 e. The van der Waals surface area contributed by atoms with Crippen LogP contribution in [0.25, 0.3) is 0 Å². The van der Waals surface area contributed by atoms with Crippen LogP contribution in [0.2, 0.25) is 5.02 Å². The number of carbonyl (C=O) groups is 1. The fourth-order valence-corrected chi connectivity index (χ4v) is 1.16. The molecule has 0 unspecified atom stereocenters. The van der Waals surface area contributed by atoms with E-state index in [2.05, 4.69) is 0 Å². The molecule has 15 heavy (non-hydrogen) atoms. The van der Waals surface area contributed by atoms with Crippen molar-refractivity contribution in [2.24, 2.45) is 0 Å². The summed E-state index contributed by atoms with van der Waals surface area (Å²) in [6, 6.07) is 3.90. The Morgan fingerprint density at radius 3 is 2.73 bits per heavy atom. The summed E-state index contributed by atoms with van der Waals surface area (Å²) in [6.07, 6.45) is 2.86. The first-order valence-corrected chi connectivity index (χ1v) is 4.72. The monoisotopic (exact) mass is 227 g/mol. The SMILES string of the molecule is CN(C)/C=C/C(=O)c1cc(Cl)ccc1F. The minimum atomic E-state index is -0.562. The van der Waals surface area contributed by atoms with Gasteiger partial charge in [-0.3, -0.25) is 4.79 Å². The van der Waals surface area contributed by atoms with Crippen molar-refractivity contribution in [2.75, 3.05) is 14.1 Å². The van der Waals surface area contributed by atoms with Gasteiger partial charge >= 0.3 is 0 Å². The fraction of sp³-hybridized carbons (Fsp3) is 0.182. The molecule has 0 saturated carbocycles. The average Bonchev–Trinajstić information content (AvgIpc) is 2.18. The highest BCUT2D eigenvalue weighted by atomic mass is 35.5. The van der Waals surface area contributed by atoms with Crippen LogP contribution in [0, 0.1) is 5.82 Å². The lowest BCUT2D eigenvalue weighted by Crippen LogP contribution is -2.04. The lowest BCUT2D eigenvalue weighted by Gasteiger charge is -2.03. The van der Waals surface area contributed by atoms with Crippen LogP contribution in [0.1, 0.15) is 10.4 Å². The third-order valence-electron chi connectivity index (χ3n) is 1.72. The Morgan fingerprint density at radius 2 is 2.13 bits per heavy atom. The van der Waals surface area contributed by atoms with Gasteiger partial charge in [0, 0.05) is 31.4 Å². The highest BCUT2D eigenvalue weighted by molar-refractivity contribution is 6.31. The van der Waals surface area contributed by atoms with Gasteiger partial charge in [0.2, 0.25) is 0 Å². The number of benzene rings is 1. The highest BCUT2D eigenvalue weighted by Gasteiger charge is 2.09. The average molecular weight is 228 g/mol. The van der Waals surface area contributed by atoms with E-state index >= 15 is 0 Å². The van der Waals surface area contributed by atoms with Crippen molar-refractivity contribution in [1.82, 2.24) is 4.90 Å². The first-order valence-electron chi connectivity index (χ1n) is 4.34. The molecule has 0 aliphatic heterocycles. The van der Waals surface area contributed by atoms with Crippen molar-refractivity contribution in [3.63, 3.8) is 0 Å². The van der Waals surface area contributed by atoms with Gasteiger partial charge in [0.25, 0.3) is 0 Å². The summed E-state index contributed by atoms with van der Waals surface area (Å²) in [4.78, 5) is 13.2. The van der Waals surface area contributed by atoms with E-state index in [4.69, 9.17) is 11.6 Å². The zero-order valence-corrected chi connectivity index (χ0v) is 9.25. The van der Waals surface area contributed by atoms with Gasteiger partial charge in [-0.2, -0.15) is 0 Å². The molecule has 1 aromatic rings. The number of carbonyl (C=O) groups excluding carboxylic acids is 1. The molecule has 4 heteroatoms. The van der Waals surface area contributed by atoms with Crippen LogP contribution in [-0.4, -0.2) is 24.8 Å². The maximum absolute atomic E-state index is 13.2. The van der Waals surface area contributed by atoms with Crippen molar-refractivity contribution in [2.45, 2.75) is 0 Å². The van der Waals surface area contributed by atoms with Gasteiger partial charge in [0.05, 0.1) is 5.56 Å². The van der Waals surface area contributed by atoms with Crippen LogP contribution in [-0.2, 0) is 0 Å². The number of allylic oxidation sites excluding steroid dienone is 1. The minimum absolute atomic E-state index is 0.0133. The third-order valence-corrected chi connectivity index (χ3v) is 1.95. The predicted molar refractivity (Wildman–Crippen MR) is 58.6 cm³/mol. The molecule has 0 bridgehead atoms. The Balaban J connectivity index is 2.96. The first kappa shape index (κ1) is 11.7. The highest BCUT2D eigenvalue weighted by Crippen LogP contribution is 2.15. The molecule has 0 atom stereocenters. The second-order valence-corrected chi connectivity index (χ2v) is 3.70. The maximum atomic E-state index is 13.2. The van der Waals surface area contributed by atoms with Crippen molar-refractivity contribution in [1.29, 1.82) is 0 Å². The van der Waals surface area contributed by atoms with Crippen LogP contribution in [0.15, 0.2) is 30.5 Å². The minimum Gasteiger partial charge on any atom is -0.383 e. The zero-order chi connectivity index (χ0) is 11.4. The van der Waals surface area contributed by atoms with Gasteiger partial charge in [-0.05, 0) is 18.2 Å². The Bertz CT molecular complexity index is 402. The molecule has 0 saturated heterocycles. The van der Waals surface area contributed by atoms with E-state index in [9.17, 15) is 9.18 Å². The van der Waals surface area contributed by atoms with Gasteiger partial charge in [-0.25, -0.2) is 4.39 Å². The number of rotatable bonds is 3. The lowest BCUT2D eigenvalue weighted by molar-refractivity contribution is 0.104. The molecule has 0 aliphatic carbocycles. The number of nitrogens with zero attached hydrogens (tertiary/aromatic N) is 1. The molecule has 0 heterocycles. The summed E-state index contributed by atoms with van der Waals surface area (Å²) in [7, 11) is 3.55. The van der Waals surface area contributed by atoms with Crippen molar-refractivity contribution in [3.8, 4) is 0 Å². The molecule has 0 fully saturated rings. The van der Waals surface area contributed by atoms with E-state index in [0.29, 0.717) is 5.02 Å².